The van der Waals surface area contributed by atoms with Crippen molar-refractivity contribution in [2.45, 2.75) is 18.6 Å². The van der Waals surface area contributed by atoms with E-state index in [2.05, 4.69) is 15.9 Å². The Bertz CT molecular complexity index is 389. The molecule has 0 aliphatic heterocycles. The van der Waals surface area contributed by atoms with Crippen LogP contribution in [0.5, 0.6) is 0 Å². The van der Waals surface area contributed by atoms with Gasteiger partial charge in [0.2, 0.25) is 0 Å². The Hall–Kier alpha value is -0.550. The summed E-state index contributed by atoms with van der Waals surface area (Å²) in [5.74, 6) is -1.44. The van der Waals surface area contributed by atoms with E-state index in [0.29, 0.717) is 11.1 Å². The third kappa shape index (κ3) is 1.90. The summed E-state index contributed by atoms with van der Waals surface area (Å²) >= 11 is 3.23. The Labute approximate surface area is 93.6 Å². The number of hydrogen-bond acceptors (Lipinski definition) is 1. The molecule has 0 unspecified atom stereocenters. The molecule has 0 spiro atoms. The zero-order valence-corrected chi connectivity index (χ0v) is 9.27. The van der Waals surface area contributed by atoms with Crippen LogP contribution in [0.3, 0.4) is 0 Å². The quantitative estimate of drug-likeness (QED) is 0.776. The zero-order chi connectivity index (χ0) is 11.2. The minimum atomic E-state index is -4.22. The van der Waals surface area contributed by atoms with Gasteiger partial charge in [0.1, 0.15) is 0 Å². The van der Waals surface area contributed by atoms with Gasteiger partial charge in [-0.05, 0) is 29.7 Å². The summed E-state index contributed by atoms with van der Waals surface area (Å²) in [6.45, 7) is 0. The lowest BCUT2D eigenvalue weighted by molar-refractivity contribution is -0.177. The zero-order valence-electron chi connectivity index (χ0n) is 7.68. The van der Waals surface area contributed by atoms with Gasteiger partial charge < -0.3 is 5.73 Å². The molecule has 1 aromatic carbocycles. The molecule has 1 aromatic rings. The van der Waals surface area contributed by atoms with Gasteiger partial charge in [0.15, 0.2) is 0 Å². The second-order valence-corrected chi connectivity index (χ2v) is 4.64. The molecule has 15 heavy (non-hydrogen) atoms. The van der Waals surface area contributed by atoms with Gasteiger partial charge in [-0.1, -0.05) is 22.0 Å². The topological polar surface area (TPSA) is 26.0 Å². The van der Waals surface area contributed by atoms with Gasteiger partial charge in [-0.3, -0.25) is 0 Å². The maximum absolute atomic E-state index is 12.6. The lowest BCUT2D eigenvalue weighted by atomic mass is 10.0. The van der Waals surface area contributed by atoms with E-state index in [1.165, 1.54) is 0 Å². The fraction of sp³-hybridized carbons (Fsp3) is 0.400. The standard InChI is InChI=1S/C10H9BrF3N/c11-6-1-2-7-5(3-6)4-8(9(7)15)10(12,13)14/h1-3,8-9H,4,15H2/t8-,9-/m1/s1. The number of nitrogens with two attached hydrogens (primary N) is 1. The van der Waals surface area contributed by atoms with E-state index in [9.17, 15) is 13.2 Å². The summed E-state index contributed by atoms with van der Waals surface area (Å²) in [5, 5.41) is 0. The van der Waals surface area contributed by atoms with E-state index >= 15 is 0 Å². The van der Waals surface area contributed by atoms with Crippen molar-refractivity contribution in [3.8, 4) is 0 Å². The normalized spacial score (nSPS) is 25.4. The first-order chi connectivity index (χ1) is 6.89. The summed E-state index contributed by atoms with van der Waals surface area (Å²) in [4.78, 5) is 0. The number of halogens is 4. The van der Waals surface area contributed by atoms with Gasteiger partial charge in [-0.25, -0.2) is 0 Å². The number of hydrogen-bond donors (Lipinski definition) is 1. The molecule has 1 aliphatic carbocycles. The van der Waals surface area contributed by atoms with Crippen LogP contribution in [0.4, 0.5) is 13.2 Å². The molecule has 0 heterocycles. The van der Waals surface area contributed by atoms with Crippen molar-refractivity contribution in [1.29, 1.82) is 0 Å². The van der Waals surface area contributed by atoms with Crippen molar-refractivity contribution in [3.05, 3.63) is 33.8 Å². The lowest BCUT2D eigenvalue weighted by Crippen LogP contribution is -2.30. The second-order valence-electron chi connectivity index (χ2n) is 3.72. The number of rotatable bonds is 0. The van der Waals surface area contributed by atoms with Crippen LogP contribution in [-0.4, -0.2) is 6.18 Å². The van der Waals surface area contributed by atoms with Gasteiger partial charge in [0, 0.05) is 10.5 Å². The highest BCUT2D eigenvalue weighted by Gasteiger charge is 2.47. The maximum Gasteiger partial charge on any atom is 0.393 e. The number of fused-ring (bicyclic) bond motifs is 1. The summed E-state index contributed by atoms with van der Waals surface area (Å²) in [6, 6.07) is 4.17. The molecule has 2 N–H and O–H groups in total. The van der Waals surface area contributed by atoms with E-state index < -0.39 is 18.1 Å². The minimum Gasteiger partial charge on any atom is -0.323 e. The molecule has 0 saturated carbocycles. The predicted molar refractivity (Wildman–Crippen MR) is 54.3 cm³/mol. The largest absolute Gasteiger partial charge is 0.393 e. The van der Waals surface area contributed by atoms with Gasteiger partial charge in [0.05, 0.1) is 5.92 Å². The molecule has 82 valence electrons. The third-order valence-corrected chi connectivity index (χ3v) is 3.25. The molecule has 0 amide bonds. The summed E-state index contributed by atoms with van der Waals surface area (Å²) in [6.07, 6.45) is -4.23. The van der Waals surface area contributed by atoms with Crippen LogP contribution in [0.2, 0.25) is 0 Å². The molecule has 1 nitrogen and oxygen atoms in total. The van der Waals surface area contributed by atoms with Crippen LogP contribution < -0.4 is 5.73 Å². The van der Waals surface area contributed by atoms with Gasteiger partial charge >= 0.3 is 6.18 Å². The van der Waals surface area contributed by atoms with Crippen LogP contribution in [0.1, 0.15) is 17.2 Å². The smallest absolute Gasteiger partial charge is 0.323 e. The van der Waals surface area contributed by atoms with Crippen molar-refractivity contribution in [3.63, 3.8) is 0 Å². The second kappa shape index (κ2) is 3.49. The molecule has 1 aliphatic rings. The van der Waals surface area contributed by atoms with Crippen molar-refractivity contribution >= 4 is 15.9 Å². The molecule has 2 atom stereocenters. The number of benzene rings is 1. The Kier molecular flexibility index (Phi) is 2.55. The fourth-order valence-corrected chi connectivity index (χ4v) is 2.38. The Morgan fingerprint density at radius 1 is 1.33 bits per heavy atom. The number of alkyl halides is 3. The van der Waals surface area contributed by atoms with Crippen LogP contribution in [0, 0.1) is 5.92 Å². The van der Waals surface area contributed by atoms with Crippen LogP contribution in [0.25, 0.3) is 0 Å². The average Bonchev–Trinajstić information content (AvgIpc) is 2.42. The Morgan fingerprint density at radius 3 is 2.60 bits per heavy atom. The van der Waals surface area contributed by atoms with E-state index in [4.69, 9.17) is 5.73 Å². The van der Waals surface area contributed by atoms with E-state index in [0.717, 1.165) is 4.47 Å². The first kappa shape index (κ1) is 11.0. The summed E-state index contributed by atoms with van der Waals surface area (Å²) in [5.41, 5.74) is 6.90. The monoisotopic (exact) mass is 279 g/mol. The highest BCUT2D eigenvalue weighted by atomic mass is 79.9. The molecule has 5 heteroatoms. The molecule has 0 saturated heterocycles. The van der Waals surface area contributed by atoms with Crippen molar-refractivity contribution in [2.75, 3.05) is 0 Å². The molecule has 0 bridgehead atoms. The van der Waals surface area contributed by atoms with Crippen LogP contribution in [0.15, 0.2) is 22.7 Å². The highest BCUT2D eigenvalue weighted by Crippen LogP contribution is 2.44. The summed E-state index contributed by atoms with van der Waals surface area (Å²) in [7, 11) is 0. The molecule has 0 radical (unpaired) electrons. The van der Waals surface area contributed by atoms with Crippen molar-refractivity contribution in [2.24, 2.45) is 11.7 Å². The SMILES string of the molecule is N[C@@H]1c2ccc(Br)cc2C[C@H]1C(F)(F)F. The first-order valence-corrected chi connectivity index (χ1v) is 5.29. The van der Waals surface area contributed by atoms with Crippen LogP contribution >= 0.6 is 15.9 Å². The fourth-order valence-electron chi connectivity index (χ4n) is 1.98. The summed E-state index contributed by atoms with van der Waals surface area (Å²) < 4.78 is 38.5. The van der Waals surface area contributed by atoms with Gasteiger partial charge in [-0.2, -0.15) is 13.2 Å². The molecule has 2 rings (SSSR count). The Balaban J connectivity index is 2.37. The van der Waals surface area contributed by atoms with Gasteiger partial charge in [-0.15, -0.1) is 0 Å². The van der Waals surface area contributed by atoms with Crippen molar-refractivity contribution < 1.29 is 13.2 Å². The van der Waals surface area contributed by atoms with Gasteiger partial charge in [0.25, 0.3) is 0 Å². The van der Waals surface area contributed by atoms with E-state index in [1.807, 2.05) is 0 Å². The minimum absolute atomic E-state index is 0.0144. The van der Waals surface area contributed by atoms with E-state index in [-0.39, 0.29) is 6.42 Å². The molecule has 0 fully saturated rings. The third-order valence-electron chi connectivity index (χ3n) is 2.76. The van der Waals surface area contributed by atoms with E-state index in [1.54, 1.807) is 18.2 Å². The molecular weight excluding hydrogens is 271 g/mol. The predicted octanol–water partition coefficient (Wildman–Crippen LogP) is 3.18. The average molecular weight is 280 g/mol. The Morgan fingerprint density at radius 2 is 2.00 bits per heavy atom. The van der Waals surface area contributed by atoms with Crippen molar-refractivity contribution in [1.82, 2.24) is 0 Å². The molecule has 0 aromatic heterocycles. The highest BCUT2D eigenvalue weighted by molar-refractivity contribution is 9.10. The van der Waals surface area contributed by atoms with Crippen LogP contribution in [-0.2, 0) is 6.42 Å². The lowest BCUT2D eigenvalue weighted by Gasteiger charge is -2.19. The molecular formula is C10H9BrF3N. The first-order valence-electron chi connectivity index (χ1n) is 4.50. The maximum atomic E-state index is 12.6.